The van der Waals surface area contributed by atoms with Gasteiger partial charge in [-0.2, -0.15) is 5.10 Å². The monoisotopic (exact) mass is 275 g/mol. The Labute approximate surface area is 118 Å². The molecule has 0 bridgehead atoms. The Balaban J connectivity index is 1.81. The van der Waals surface area contributed by atoms with E-state index in [9.17, 15) is 0 Å². The van der Waals surface area contributed by atoms with E-state index in [1.807, 2.05) is 7.05 Å². The molecule has 1 aliphatic carbocycles. The molecule has 0 aromatic carbocycles. The van der Waals surface area contributed by atoms with E-state index in [0.29, 0.717) is 5.82 Å². The molecule has 0 spiro atoms. The normalized spacial score (nSPS) is 15.8. The van der Waals surface area contributed by atoms with Crippen LogP contribution in [0.5, 0.6) is 0 Å². The van der Waals surface area contributed by atoms with E-state index < -0.39 is 0 Å². The predicted octanol–water partition coefficient (Wildman–Crippen LogP) is 0.881. The number of nitrogens with zero attached hydrogens (tertiary/aromatic N) is 5. The molecule has 0 radical (unpaired) electrons. The third kappa shape index (κ3) is 2.46. The molecule has 3 rings (SSSR count). The van der Waals surface area contributed by atoms with Crippen LogP contribution in [0.1, 0.15) is 25.1 Å². The predicted molar refractivity (Wildman–Crippen MR) is 77.8 cm³/mol. The van der Waals surface area contributed by atoms with Crippen LogP contribution in [-0.4, -0.2) is 38.2 Å². The van der Waals surface area contributed by atoms with Crippen LogP contribution in [0.4, 0.5) is 5.82 Å². The lowest BCUT2D eigenvalue weighted by atomic mass is 9.85. The van der Waals surface area contributed by atoms with Gasteiger partial charge < -0.3 is 5.43 Å². The molecule has 0 atom stereocenters. The summed E-state index contributed by atoms with van der Waals surface area (Å²) in [4.78, 5) is 11.3. The second-order valence-electron chi connectivity index (χ2n) is 5.63. The standard InChI is InChI=1S/C13H21N7/c1-19(7-9-4-3-5-9)8-11-16-12(18-14)10-6-15-20(2)13(10)17-11/h6,9H,3-5,7-8,14H2,1-2H3,(H,16,17,18). The molecule has 7 heteroatoms. The molecule has 108 valence electrons. The molecule has 1 saturated carbocycles. The Kier molecular flexibility index (Phi) is 3.54. The molecule has 0 saturated heterocycles. The minimum Gasteiger partial charge on any atom is -0.308 e. The summed E-state index contributed by atoms with van der Waals surface area (Å²) in [6.07, 6.45) is 5.80. The second-order valence-corrected chi connectivity index (χ2v) is 5.63. The van der Waals surface area contributed by atoms with Gasteiger partial charge in [-0.25, -0.2) is 15.8 Å². The Morgan fingerprint density at radius 2 is 2.25 bits per heavy atom. The van der Waals surface area contributed by atoms with Crippen molar-refractivity contribution >= 4 is 16.9 Å². The van der Waals surface area contributed by atoms with Gasteiger partial charge in [0.1, 0.15) is 5.82 Å². The zero-order valence-corrected chi connectivity index (χ0v) is 12.0. The van der Waals surface area contributed by atoms with Gasteiger partial charge in [-0.3, -0.25) is 9.58 Å². The Morgan fingerprint density at radius 3 is 2.90 bits per heavy atom. The largest absolute Gasteiger partial charge is 0.308 e. The lowest BCUT2D eigenvalue weighted by Gasteiger charge is -2.29. The van der Waals surface area contributed by atoms with Crippen LogP contribution in [0, 0.1) is 5.92 Å². The highest BCUT2D eigenvalue weighted by molar-refractivity contribution is 5.86. The summed E-state index contributed by atoms with van der Waals surface area (Å²) in [5.41, 5.74) is 3.44. The number of rotatable bonds is 5. The van der Waals surface area contributed by atoms with Crippen molar-refractivity contribution in [3.63, 3.8) is 0 Å². The zero-order valence-electron chi connectivity index (χ0n) is 12.0. The minimum atomic E-state index is 0.634. The van der Waals surface area contributed by atoms with Crippen molar-refractivity contribution in [1.82, 2.24) is 24.6 Å². The Bertz CT molecular complexity index is 602. The molecular formula is C13H21N7. The van der Waals surface area contributed by atoms with Crippen LogP contribution in [-0.2, 0) is 13.6 Å². The maximum Gasteiger partial charge on any atom is 0.163 e. The first-order valence-electron chi connectivity index (χ1n) is 7.01. The van der Waals surface area contributed by atoms with Crippen LogP contribution in [0.3, 0.4) is 0 Å². The van der Waals surface area contributed by atoms with Gasteiger partial charge in [0, 0.05) is 13.6 Å². The Morgan fingerprint density at radius 1 is 1.45 bits per heavy atom. The molecule has 7 nitrogen and oxygen atoms in total. The fraction of sp³-hybridized carbons (Fsp3) is 0.615. The summed E-state index contributed by atoms with van der Waals surface area (Å²) in [6.45, 7) is 1.84. The molecule has 0 unspecified atom stereocenters. The highest BCUT2D eigenvalue weighted by atomic mass is 15.3. The van der Waals surface area contributed by atoms with Gasteiger partial charge in [0.2, 0.25) is 0 Å². The highest BCUT2D eigenvalue weighted by Crippen LogP contribution is 2.27. The number of nitrogen functional groups attached to an aromatic ring is 1. The number of fused-ring (bicyclic) bond motifs is 1. The van der Waals surface area contributed by atoms with E-state index in [0.717, 1.165) is 35.9 Å². The number of aryl methyl sites for hydroxylation is 1. The van der Waals surface area contributed by atoms with Crippen molar-refractivity contribution < 1.29 is 0 Å². The van der Waals surface area contributed by atoms with E-state index >= 15 is 0 Å². The van der Waals surface area contributed by atoms with Gasteiger partial charge in [0.15, 0.2) is 11.5 Å². The lowest BCUT2D eigenvalue weighted by Crippen LogP contribution is -2.29. The SMILES string of the molecule is CN(Cc1nc(NN)c2cnn(C)c2n1)CC1CCC1. The van der Waals surface area contributed by atoms with Gasteiger partial charge in [0.25, 0.3) is 0 Å². The molecule has 2 heterocycles. The minimum absolute atomic E-state index is 0.634. The van der Waals surface area contributed by atoms with Gasteiger partial charge in [-0.15, -0.1) is 0 Å². The quantitative estimate of drug-likeness (QED) is 0.622. The summed E-state index contributed by atoms with van der Waals surface area (Å²) in [5.74, 6) is 7.79. The van der Waals surface area contributed by atoms with Crippen LogP contribution < -0.4 is 11.3 Å². The van der Waals surface area contributed by atoms with Crippen LogP contribution >= 0.6 is 0 Å². The average molecular weight is 275 g/mol. The van der Waals surface area contributed by atoms with Crippen molar-refractivity contribution in [2.75, 3.05) is 19.0 Å². The molecule has 2 aromatic rings. The van der Waals surface area contributed by atoms with Gasteiger partial charge in [0.05, 0.1) is 18.1 Å². The van der Waals surface area contributed by atoms with Gasteiger partial charge >= 0.3 is 0 Å². The number of anilines is 1. The summed E-state index contributed by atoms with van der Waals surface area (Å²) in [7, 11) is 3.99. The second kappa shape index (κ2) is 5.34. The average Bonchev–Trinajstić information content (AvgIpc) is 2.75. The van der Waals surface area contributed by atoms with Crippen molar-refractivity contribution in [3.8, 4) is 0 Å². The molecule has 1 fully saturated rings. The van der Waals surface area contributed by atoms with Crippen LogP contribution in [0.15, 0.2) is 6.20 Å². The van der Waals surface area contributed by atoms with Crippen molar-refractivity contribution in [2.45, 2.75) is 25.8 Å². The lowest BCUT2D eigenvalue weighted by molar-refractivity contribution is 0.197. The number of aromatic nitrogens is 4. The van der Waals surface area contributed by atoms with Crippen molar-refractivity contribution in [2.24, 2.45) is 18.8 Å². The molecular weight excluding hydrogens is 254 g/mol. The molecule has 3 N–H and O–H groups in total. The van der Waals surface area contributed by atoms with Crippen LogP contribution in [0.2, 0.25) is 0 Å². The van der Waals surface area contributed by atoms with E-state index in [2.05, 4.69) is 32.4 Å². The van der Waals surface area contributed by atoms with Crippen molar-refractivity contribution in [3.05, 3.63) is 12.0 Å². The van der Waals surface area contributed by atoms with E-state index in [1.165, 1.54) is 19.3 Å². The maximum absolute atomic E-state index is 5.55. The smallest absolute Gasteiger partial charge is 0.163 e. The Hall–Kier alpha value is -1.73. The molecule has 20 heavy (non-hydrogen) atoms. The highest BCUT2D eigenvalue weighted by Gasteiger charge is 2.20. The number of hydrogen-bond donors (Lipinski definition) is 2. The summed E-state index contributed by atoms with van der Waals surface area (Å²) in [5, 5.41) is 5.05. The summed E-state index contributed by atoms with van der Waals surface area (Å²) < 4.78 is 1.74. The number of nitrogens with one attached hydrogen (secondary N) is 1. The van der Waals surface area contributed by atoms with E-state index in [-0.39, 0.29) is 0 Å². The fourth-order valence-corrected chi connectivity index (χ4v) is 2.67. The first kappa shape index (κ1) is 13.3. The third-order valence-electron chi connectivity index (χ3n) is 3.98. The molecule has 1 aliphatic rings. The van der Waals surface area contributed by atoms with Crippen molar-refractivity contribution in [1.29, 1.82) is 0 Å². The molecule has 0 aliphatic heterocycles. The topological polar surface area (TPSA) is 84.9 Å². The number of hydrazine groups is 1. The number of hydrogen-bond acceptors (Lipinski definition) is 6. The van der Waals surface area contributed by atoms with Gasteiger partial charge in [-0.05, 0) is 25.8 Å². The fourth-order valence-electron chi connectivity index (χ4n) is 2.67. The molecule has 2 aromatic heterocycles. The first-order chi connectivity index (χ1) is 9.67. The van der Waals surface area contributed by atoms with Gasteiger partial charge in [-0.1, -0.05) is 6.42 Å². The molecule has 0 amide bonds. The summed E-state index contributed by atoms with van der Waals surface area (Å²) in [6, 6.07) is 0. The zero-order chi connectivity index (χ0) is 14.1. The van der Waals surface area contributed by atoms with E-state index in [1.54, 1.807) is 10.9 Å². The van der Waals surface area contributed by atoms with E-state index in [4.69, 9.17) is 5.84 Å². The number of nitrogens with two attached hydrogens (primary N) is 1. The third-order valence-corrected chi connectivity index (χ3v) is 3.98. The maximum atomic E-state index is 5.55. The first-order valence-corrected chi connectivity index (χ1v) is 7.01. The van der Waals surface area contributed by atoms with Crippen LogP contribution in [0.25, 0.3) is 11.0 Å². The summed E-state index contributed by atoms with van der Waals surface area (Å²) >= 11 is 0.